The van der Waals surface area contributed by atoms with Crippen molar-refractivity contribution in [2.24, 2.45) is 0 Å². The fourth-order valence-corrected chi connectivity index (χ4v) is 4.26. The van der Waals surface area contributed by atoms with Crippen LogP contribution in [-0.4, -0.2) is 23.0 Å². The maximum Gasteiger partial charge on any atom is 0.326 e. The van der Waals surface area contributed by atoms with Crippen LogP contribution in [0.15, 0.2) is 66.7 Å². The lowest BCUT2D eigenvalue weighted by Gasteiger charge is -2.32. The second-order valence-corrected chi connectivity index (χ2v) is 7.93. The summed E-state index contributed by atoms with van der Waals surface area (Å²) in [5.41, 5.74) is 3.68. The van der Waals surface area contributed by atoms with Crippen LogP contribution < -0.4 is 10.6 Å². The van der Waals surface area contributed by atoms with E-state index in [0.29, 0.717) is 26.9 Å². The van der Waals surface area contributed by atoms with Crippen molar-refractivity contribution in [2.45, 2.75) is 18.5 Å². The number of hydrogen-bond acceptors (Lipinski definition) is 3. The predicted molar refractivity (Wildman–Crippen MR) is 118 cm³/mol. The summed E-state index contributed by atoms with van der Waals surface area (Å²) in [6, 6.07) is 18.9. The molecule has 1 amide bonds. The van der Waals surface area contributed by atoms with Crippen molar-refractivity contribution < 1.29 is 14.7 Å². The summed E-state index contributed by atoms with van der Waals surface area (Å²) in [5, 5.41) is 16.1. The Balaban J connectivity index is 1.59. The molecule has 3 aromatic rings. The molecule has 1 aliphatic rings. The Morgan fingerprint density at radius 3 is 2.30 bits per heavy atom. The lowest BCUT2D eigenvalue weighted by atomic mass is 9.92. The number of nitrogens with one attached hydrogen (secondary N) is 2. The number of fused-ring (bicyclic) bond motifs is 1. The van der Waals surface area contributed by atoms with Crippen LogP contribution in [0, 0.1) is 0 Å². The summed E-state index contributed by atoms with van der Waals surface area (Å²) >= 11 is 12.4. The first kappa shape index (κ1) is 20.3. The molecule has 3 aromatic carbocycles. The molecule has 7 heteroatoms. The molecule has 2 unspecified atom stereocenters. The lowest BCUT2D eigenvalue weighted by Crippen LogP contribution is -2.41. The summed E-state index contributed by atoms with van der Waals surface area (Å²) < 4.78 is 0. The number of carbonyl (C=O) groups is 2. The van der Waals surface area contributed by atoms with Gasteiger partial charge in [-0.05, 0) is 35.4 Å². The van der Waals surface area contributed by atoms with Crippen molar-refractivity contribution in [1.82, 2.24) is 5.32 Å². The van der Waals surface area contributed by atoms with Crippen molar-refractivity contribution in [2.75, 3.05) is 5.32 Å². The first-order valence-electron chi connectivity index (χ1n) is 9.37. The highest BCUT2D eigenvalue weighted by molar-refractivity contribution is 6.35. The molecule has 0 radical (unpaired) electrons. The number of halogens is 2. The van der Waals surface area contributed by atoms with Gasteiger partial charge in [0.15, 0.2) is 0 Å². The van der Waals surface area contributed by atoms with Crippen molar-refractivity contribution in [3.63, 3.8) is 0 Å². The minimum atomic E-state index is -1.01. The molecule has 4 rings (SSSR count). The third-order valence-corrected chi connectivity index (χ3v) is 5.63. The van der Waals surface area contributed by atoms with Gasteiger partial charge in [0.2, 0.25) is 0 Å². The maximum atomic E-state index is 12.9. The quantitative estimate of drug-likeness (QED) is 0.507. The van der Waals surface area contributed by atoms with E-state index in [1.165, 1.54) is 0 Å². The van der Waals surface area contributed by atoms with Gasteiger partial charge in [-0.1, -0.05) is 65.7 Å². The van der Waals surface area contributed by atoms with Crippen LogP contribution in [0.3, 0.4) is 0 Å². The molecule has 0 fully saturated rings. The molecule has 30 heavy (non-hydrogen) atoms. The topological polar surface area (TPSA) is 78.4 Å². The first-order valence-corrected chi connectivity index (χ1v) is 10.1. The molecule has 0 spiro atoms. The normalized spacial score (nSPS) is 17.5. The Morgan fingerprint density at radius 1 is 0.967 bits per heavy atom. The summed E-state index contributed by atoms with van der Waals surface area (Å²) in [6.45, 7) is 0. The van der Waals surface area contributed by atoms with Crippen molar-refractivity contribution in [1.29, 1.82) is 0 Å². The SMILES string of the molecule is O=C(NC1CC(C(=O)O)Nc2cc(Cl)cc(Cl)c21)c1ccc(-c2ccccc2)cc1. The Bertz CT molecular complexity index is 1100. The Kier molecular flexibility index (Phi) is 5.66. The maximum absolute atomic E-state index is 12.9. The number of rotatable bonds is 4. The second kappa shape index (κ2) is 8.38. The van der Waals surface area contributed by atoms with Crippen molar-refractivity contribution in [3.05, 3.63) is 87.9 Å². The molecule has 3 N–H and O–H groups in total. The van der Waals surface area contributed by atoms with Crippen LogP contribution in [0.1, 0.15) is 28.4 Å². The molecular formula is C23H18Cl2N2O3. The van der Waals surface area contributed by atoms with E-state index in [1.807, 2.05) is 42.5 Å². The zero-order valence-corrected chi connectivity index (χ0v) is 17.2. The van der Waals surface area contributed by atoms with Crippen LogP contribution in [-0.2, 0) is 4.79 Å². The highest BCUT2D eigenvalue weighted by Crippen LogP contribution is 2.40. The van der Waals surface area contributed by atoms with Crippen molar-refractivity contribution >= 4 is 40.8 Å². The summed E-state index contributed by atoms with van der Waals surface area (Å²) in [5.74, 6) is -1.31. The summed E-state index contributed by atoms with van der Waals surface area (Å²) in [4.78, 5) is 24.4. The van der Waals surface area contributed by atoms with Gasteiger partial charge in [-0.3, -0.25) is 4.79 Å². The van der Waals surface area contributed by atoms with Crippen LogP contribution >= 0.6 is 23.2 Å². The van der Waals surface area contributed by atoms with E-state index in [9.17, 15) is 14.7 Å². The monoisotopic (exact) mass is 440 g/mol. The van der Waals surface area contributed by atoms with Gasteiger partial charge in [-0.2, -0.15) is 0 Å². The number of benzene rings is 3. The van der Waals surface area contributed by atoms with Crippen LogP contribution in [0.2, 0.25) is 10.0 Å². The Hall–Kier alpha value is -3.02. The average Bonchev–Trinajstić information content (AvgIpc) is 2.73. The molecule has 0 saturated heterocycles. The molecule has 0 bridgehead atoms. The van der Waals surface area contributed by atoms with E-state index in [2.05, 4.69) is 10.6 Å². The highest BCUT2D eigenvalue weighted by Gasteiger charge is 2.33. The molecule has 2 atom stereocenters. The third kappa shape index (κ3) is 4.13. The predicted octanol–water partition coefficient (Wildman–Crippen LogP) is 5.40. The van der Waals surface area contributed by atoms with Gasteiger partial charge in [0.25, 0.3) is 5.91 Å². The van der Waals surface area contributed by atoms with Gasteiger partial charge in [0, 0.05) is 33.3 Å². The van der Waals surface area contributed by atoms with E-state index in [-0.39, 0.29) is 12.3 Å². The largest absolute Gasteiger partial charge is 0.480 e. The molecule has 0 aromatic heterocycles. The summed E-state index contributed by atoms with van der Waals surface area (Å²) in [6.07, 6.45) is 0.164. The van der Waals surface area contributed by atoms with Gasteiger partial charge in [-0.15, -0.1) is 0 Å². The fraction of sp³-hybridized carbons (Fsp3) is 0.130. The molecule has 152 valence electrons. The van der Waals surface area contributed by atoms with E-state index in [1.54, 1.807) is 24.3 Å². The molecule has 5 nitrogen and oxygen atoms in total. The standard InChI is InChI=1S/C23H18Cl2N2O3/c24-16-10-17(25)21-18(11-16)26-20(23(29)30)12-19(21)27-22(28)15-8-6-14(7-9-15)13-4-2-1-3-5-13/h1-11,19-20,26H,12H2,(H,27,28)(H,29,30). The number of carbonyl (C=O) groups excluding carboxylic acids is 1. The zero-order valence-electron chi connectivity index (χ0n) is 15.7. The molecule has 1 aliphatic heterocycles. The molecule has 0 aliphatic carbocycles. The van der Waals surface area contributed by atoms with E-state index in [4.69, 9.17) is 23.2 Å². The average molecular weight is 441 g/mol. The third-order valence-electron chi connectivity index (χ3n) is 5.10. The van der Waals surface area contributed by atoms with Crippen LogP contribution in [0.25, 0.3) is 11.1 Å². The zero-order chi connectivity index (χ0) is 21.3. The van der Waals surface area contributed by atoms with Gasteiger partial charge < -0.3 is 15.7 Å². The minimum absolute atomic E-state index is 0.164. The summed E-state index contributed by atoms with van der Waals surface area (Å²) in [7, 11) is 0. The number of anilines is 1. The Morgan fingerprint density at radius 2 is 1.63 bits per heavy atom. The van der Waals surface area contributed by atoms with Gasteiger partial charge in [-0.25, -0.2) is 4.79 Å². The lowest BCUT2D eigenvalue weighted by molar-refractivity contribution is -0.138. The van der Waals surface area contributed by atoms with Gasteiger partial charge >= 0.3 is 5.97 Å². The van der Waals surface area contributed by atoms with Crippen LogP contribution in [0.4, 0.5) is 5.69 Å². The highest BCUT2D eigenvalue weighted by atomic mass is 35.5. The number of aliphatic carboxylic acids is 1. The Labute approximate surface area is 183 Å². The first-order chi connectivity index (χ1) is 14.4. The number of hydrogen-bond donors (Lipinski definition) is 3. The number of amides is 1. The number of carboxylic acid groups (broad SMARTS) is 1. The fourth-order valence-electron chi connectivity index (χ4n) is 3.64. The van der Waals surface area contributed by atoms with Crippen LogP contribution in [0.5, 0.6) is 0 Å². The smallest absolute Gasteiger partial charge is 0.326 e. The molecule has 1 heterocycles. The number of carboxylic acids is 1. The van der Waals surface area contributed by atoms with E-state index in [0.717, 1.165) is 11.1 Å². The minimum Gasteiger partial charge on any atom is -0.480 e. The molecule has 0 saturated carbocycles. The van der Waals surface area contributed by atoms with E-state index < -0.39 is 18.1 Å². The van der Waals surface area contributed by atoms with Gasteiger partial charge in [0.05, 0.1) is 6.04 Å². The van der Waals surface area contributed by atoms with Gasteiger partial charge in [0.1, 0.15) is 6.04 Å². The van der Waals surface area contributed by atoms with E-state index >= 15 is 0 Å². The molecular weight excluding hydrogens is 423 g/mol. The van der Waals surface area contributed by atoms with Crippen molar-refractivity contribution in [3.8, 4) is 11.1 Å². The second-order valence-electron chi connectivity index (χ2n) is 7.09.